The number of amides is 1. The minimum Gasteiger partial charge on any atom is -0.352 e. The van der Waals surface area contributed by atoms with Crippen LogP contribution in [0.2, 0.25) is 0 Å². The summed E-state index contributed by atoms with van der Waals surface area (Å²) in [4.78, 5) is 16.1. The van der Waals surface area contributed by atoms with Crippen LogP contribution in [0.15, 0.2) is 16.5 Å². The molecule has 0 saturated carbocycles. The van der Waals surface area contributed by atoms with Crippen molar-refractivity contribution in [2.24, 2.45) is 0 Å². The van der Waals surface area contributed by atoms with Crippen molar-refractivity contribution in [2.45, 2.75) is 20.3 Å². The molecule has 0 atom stereocenters. The number of carbonyl (C=O) groups is 1. The van der Waals surface area contributed by atoms with Crippen molar-refractivity contribution in [1.29, 1.82) is 0 Å². The predicted molar refractivity (Wildman–Crippen MR) is 69.1 cm³/mol. The second kappa shape index (κ2) is 5.42. The molecule has 0 bridgehead atoms. The molecule has 92 valence electrons. The number of hydrogen-bond donors (Lipinski definition) is 2. The lowest BCUT2D eigenvalue weighted by Gasteiger charge is -2.21. The zero-order chi connectivity index (χ0) is 12.3. The van der Waals surface area contributed by atoms with Crippen LogP contribution in [0.5, 0.6) is 0 Å². The molecule has 17 heavy (non-hydrogen) atoms. The largest absolute Gasteiger partial charge is 0.352 e. The smallest absolute Gasteiger partial charge is 0.246 e. The van der Waals surface area contributed by atoms with Gasteiger partial charge in [-0.15, -0.1) is 11.3 Å². The van der Waals surface area contributed by atoms with E-state index in [4.69, 9.17) is 0 Å². The van der Waals surface area contributed by atoms with Crippen LogP contribution in [0.3, 0.4) is 0 Å². The Balaban J connectivity index is 1.77. The van der Waals surface area contributed by atoms with Gasteiger partial charge in [0.2, 0.25) is 5.91 Å². The van der Waals surface area contributed by atoms with Gasteiger partial charge in [0.1, 0.15) is 0 Å². The van der Waals surface area contributed by atoms with E-state index in [1.807, 2.05) is 19.2 Å². The van der Waals surface area contributed by atoms with Crippen molar-refractivity contribution in [3.05, 3.63) is 27.2 Å². The Morgan fingerprint density at radius 2 is 2.35 bits per heavy atom. The zero-order valence-electron chi connectivity index (χ0n) is 10.2. The average Bonchev–Trinajstić information content (AvgIpc) is 2.61. The van der Waals surface area contributed by atoms with Gasteiger partial charge in [0.05, 0.1) is 5.01 Å². The lowest BCUT2D eigenvalue weighted by molar-refractivity contribution is -0.117. The molecule has 1 fully saturated rings. The third-order valence-corrected chi connectivity index (χ3v) is 3.87. The first kappa shape index (κ1) is 12.3. The van der Waals surface area contributed by atoms with Gasteiger partial charge < -0.3 is 10.6 Å². The molecule has 0 aromatic carbocycles. The first-order valence-electron chi connectivity index (χ1n) is 5.75. The minimum atomic E-state index is 0.0507. The van der Waals surface area contributed by atoms with Crippen LogP contribution in [0.25, 0.3) is 0 Å². The number of carbonyl (C=O) groups excluding carboxylic acids is 1. The first-order chi connectivity index (χ1) is 8.16. The van der Waals surface area contributed by atoms with Gasteiger partial charge >= 0.3 is 0 Å². The lowest BCUT2D eigenvalue weighted by atomic mass is 10.0. The van der Waals surface area contributed by atoms with Crippen LogP contribution >= 0.6 is 11.3 Å². The Labute approximate surface area is 105 Å². The lowest BCUT2D eigenvalue weighted by Crippen LogP contribution is -2.38. The van der Waals surface area contributed by atoms with E-state index in [1.54, 1.807) is 11.3 Å². The van der Waals surface area contributed by atoms with Gasteiger partial charge in [0.25, 0.3) is 0 Å². The van der Waals surface area contributed by atoms with E-state index in [2.05, 4.69) is 15.6 Å². The van der Waals surface area contributed by atoms with Gasteiger partial charge in [-0.3, -0.25) is 4.79 Å². The maximum Gasteiger partial charge on any atom is 0.246 e. The van der Waals surface area contributed by atoms with Gasteiger partial charge in [0.15, 0.2) is 0 Å². The summed E-state index contributed by atoms with van der Waals surface area (Å²) in [6.07, 6.45) is 0.811. The molecule has 4 nitrogen and oxygen atoms in total. The number of nitrogens with zero attached hydrogens (tertiary/aromatic N) is 1. The molecule has 2 N–H and O–H groups in total. The van der Waals surface area contributed by atoms with Gasteiger partial charge in [-0.1, -0.05) is 0 Å². The molecule has 0 radical (unpaired) electrons. The summed E-state index contributed by atoms with van der Waals surface area (Å²) in [5.74, 6) is 0.0507. The third kappa shape index (κ3) is 3.14. The highest BCUT2D eigenvalue weighted by Crippen LogP contribution is 2.10. The molecule has 1 aliphatic heterocycles. The van der Waals surface area contributed by atoms with E-state index in [1.165, 1.54) is 5.57 Å². The normalized spacial score (nSPS) is 14.4. The number of rotatable bonds is 4. The van der Waals surface area contributed by atoms with Gasteiger partial charge in [-0.25, -0.2) is 4.98 Å². The quantitative estimate of drug-likeness (QED) is 0.786. The summed E-state index contributed by atoms with van der Waals surface area (Å²) in [7, 11) is 0. The molecule has 1 aromatic heterocycles. The Morgan fingerprint density at radius 3 is 2.88 bits per heavy atom. The fraction of sp³-hybridized carbons (Fsp3) is 0.500. The van der Waals surface area contributed by atoms with Crippen LogP contribution in [0, 0.1) is 6.92 Å². The summed E-state index contributed by atoms with van der Waals surface area (Å²) in [5.41, 5.74) is 3.13. The molecule has 1 aliphatic rings. The zero-order valence-corrected chi connectivity index (χ0v) is 11.0. The molecule has 2 heterocycles. The van der Waals surface area contributed by atoms with Crippen molar-refractivity contribution >= 4 is 17.2 Å². The van der Waals surface area contributed by atoms with Crippen molar-refractivity contribution in [3.8, 4) is 0 Å². The average molecular weight is 251 g/mol. The summed E-state index contributed by atoms with van der Waals surface area (Å²) >= 11 is 1.65. The Hall–Kier alpha value is -1.20. The van der Waals surface area contributed by atoms with E-state index < -0.39 is 0 Å². The number of nitrogens with one attached hydrogen (secondary N) is 2. The van der Waals surface area contributed by atoms with Crippen molar-refractivity contribution in [3.63, 3.8) is 0 Å². The molecule has 0 spiro atoms. The standard InChI is InChI=1S/C12H17N3OS/c1-8-7-17-11(15-8)3-4-14-12(16)9(2)10-5-13-6-10/h7,13H,3-6H2,1-2H3,(H,14,16). The maximum absolute atomic E-state index is 11.8. The summed E-state index contributed by atoms with van der Waals surface area (Å²) in [6, 6.07) is 0. The third-order valence-electron chi connectivity index (χ3n) is 2.84. The topological polar surface area (TPSA) is 54.0 Å². The molecule has 2 rings (SSSR count). The molecule has 1 saturated heterocycles. The number of aromatic nitrogens is 1. The van der Waals surface area contributed by atoms with Crippen LogP contribution in [-0.4, -0.2) is 30.5 Å². The Kier molecular flexibility index (Phi) is 3.91. The number of hydrogen-bond acceptors (Lipinski definition) is 4. The SMILES string of the molecule is CC(C(=O)NCCc1nc(C)cs1)=C1CNC1. The van der Waals surface area contributed by atoms with Crippen LogP contribution in [0.4, 0.5) is 0 Å². The highest BCUT2D eigenvalue weighted by Gasteiger charge is 2.15. The van der Waals surface area contributed by atoms with Gasteiger partial charge in [-0.2, -0.15) is 0 Å². The van der Waals surface area contributed by atoms with E-state index >= 15 is 0 Å². The second-order valence-electron chi connectivity index (χ2n) is 4.22. The molecule has 1 aromatic rings. The Morgan fingerprint density at radius 1 is 1.59 bits per heavy atom. The van der Waals surface area contributed by atoms with Gasteiger partial charge in [-0.05, 0) is 19.4 Å². The predicted octanol–water partition coefficient (Wildman–Crippen LogP) is 1.03. The highest BCUT2D eigenvalue weighted by molar-refractivity contribution is 7.09. The van der Waals surface area contributed by atoms with E-state index in [0.29, 0.717) is 6.54 Å². The number of thiazole rings is 1. The fourth-order valence-corrected chi connectivity index (χ4v) is 2.38. The minimum absolute atomic E-state index is 0.0507. The number of aryl methyl sites for hydroxylation is 1. The molecule has 0 unspecified atom stereocenters. The second-order valence-corrected chi connectivity index (χ2v) is 5.16. The molecule has 1 amide bonds. The van der Waals surface area contributed by atoms with Crippen LogP contribution < -0.4 is 10.6 Å². The highest BCUT2D eigenvalue weighted by atomic mass is 32.1. The summed E-state index contributed by atoms with van der Waals surface area (Å²) in [5, 5.41) is 9.18. The van der Waals surface area contributed by atoms with Crippen molar-refractivity contribution in [2.75, 3.05) is 19.6 Å². The van der Waals surface area contributed by atoms with Crippen molar-refractivity contribution < 1.29 is 4.79 Å². The fourth-order valence-electron chi connectivity index (χ4n) is 1.61. The molecule has 0 aliphatic carbocycles. The van der Waals surface area contributed by atoms with Crippen molar-refractivity contribution in [1.82, 2.24) is 15.6 Å². The van der Waals surface area contributed by atoms with Crippen LogP contribution in [-0.2, 0) is 11.2 Å². The molecular formula is C12H17N3OS. The summed E-state index contributed by atoms with van der Waals surface area (Å²) < 4.78 is 0. The maximum atomic E-state index is 11.8. The summed E-state index contributed by atoms with van der Waals surface area (Å²) in [6.45, 7) is 6.23. The van der Waals surface area contributed by atoms with E-state index in [9.17, 15) is 4.79 Å². The Bertz CT molecular complexity index is 444. The molecule has 5 heteroatoms. The first-order valence-corrected chi connectivity index (χ1v) is 6.63. The van der Waals surface area contributed by atoms with Crippen LogP contribution in [0.1, 0.15) is 17.6 Å². The molecular weight excluding hydrogens is 234 g/mol. The van der Waals surface area contributed by atoms with E-state index in [-0.39, 0.29) is 5.91 Å². The van der Waals surface area contributed by atoms with Gasteiger partial charge in [0, 0.05) is 42.7 Å². The monoisotopic (exact) mass is 251 g/mol. The van der Waals surface area contributed by atoms with E-state index in [0.717, 1.165) is 35.8 Å².